The lowest BCUT2D eigenvalue weighted by Gasteiger charge is -2.10. The number of aromatic nitrogens is 2. The van der Waals surface area contributed by atoms with Crippen molar-refractivity contribution in [2.24, 2.45) is 5.92 Å². The Morgan fingerprint density at radius 2 is 1.95 bits per heavy atom. The Bertz CT molecular complexity index is 594. The van der Waals surface area contributed by atoms with Crippen molar-refractivity contribution in [2.45, 2.75) is 32.6 Å². The van der Waals surface area contributed by atoms with E-state index in [0.29, 0.717) is 0 Å². The second kappa shape index (κ2) is 5.49. The van der Waals surface area contributed by atoms with E-state index in [4.69, 9.17) is 0 Å². The lowest BCUT2D eigenvalue weighted by molar-refractivity contribution is -0.119. The lowest BCUT2D eigenvalue weighted by atomic mass is 10.1. The van der Waals surface area contributed by atoms with E-state index in [9.17, 15) is 4.79 Å². The maximum absolute atomic E-state index is 12.1. The molecule has 0 aliphatic heterocycles. The van der Waals surface area contributed by atoms with Gasteiger partial charge in [-0.1, -0.05) is 25.0 Å². The molecule has 0 bridgehead atoms. The predicted octanol–water partition coefficient (Wildman–Crippen LogP) is 3.51. The number of amides is 1. The molecule has 4 heteroatoms. The highest BCUT2D eigenvalue weighted by Gasteiger charge is 2.22. The molecule has 1 fully saturated rings. The molecule has 2 aromatic rings. The van der Waals surface area contributed by atoms with Crippen LogP contribution >= 0.6 is 0 Å². The van der Waals surface area contributed by atoms with Gasteiger partial charge in [0.05, 0.1) is 12.0 Å². The highest BCUT2D eigenvalue weighted by atomic mass is 16.1. The number of hydrogen-bond donors (Lipinski definition) is 2. The molecule has 104 valence electrons. The molecule has 4 nitrogen and oxygen atoms in total. The molecule has 0 atom stereocenters. The van der Waals surface area contributed by atoms with Gasteiger partial charge in [0.15, 0.2) is 0 Å². The smallest absolute Gasteiger partial charge is 0.227 e. The van der Waals surface area contributed by atoms with Crippen molar-refractivity contribution in [3.05, 3.63) is 36.3 Å². The second-order valence-corrected chi connectivity index (χ2v) is 5.42. The number of H-pyrrole nitrogens is 1. The number of aryl methyl sites for hydroxylation is 1. The highest BCUT2D eigenvalue weighted by molar-refractivity contribution is 5.92. The number of imidazole rings is 1. The second-order valence-electron chi connectivity index (χ2n) is 5.42. The fourth-order valence-corrected chi connectivity index (χ4v) is 2.79. The first-order chi connectivity index (χ1) is 9.74. The summed E-state index contributed by atoms with van der Waals surface area (Å²) < 4.78 is 0. The average molecular weight is 269 g/mol. The lowest BCUT2D eigenvalue weighted by Crippen LogP contribution is -2.20. The third-order valence-electron chi connectivity index (χ3n) is 3.98. The SMILES string of the molecule is Cc1[nH]cnc1-c1ccc(NC(=O)C2CCCC2)cc1. The fourth-order valence-electron chi connectivity index (χ4n) is 2.79. The number of nitrogens with one attached hydrogen (secondary N) is 2. The maximum Gasteiger partial charge on any atom is 0.227 e. The number of nitrogens with zero attached hydrogens (tertiary/aromatic N) is 1. The minimum Gasteiger partial charge on any atom is -0.348 e. The summed E-state index contributed by atoms with van der Waals surface area (Å²) in [4.78, 5) is 19.4. The molecule has 1 saturated carbocycles. The fraction of sp³-hybridized carbons (Fsp3) is 0.375. The van der Waals surface area contributed by atoms with Crippen LogP contribution < -0.4 is 5.32 Å². The molecule has 1 heterocycles. The molecule has 0 saturated heterocycles. The summed E-state index contributed by atoms with van der Waals surface area (Å²) in [5.74, 6) is 0.356. The molecule has 1 aromatic heterocycles. The summed E-state index contributed by atoms with van der Waals surface area (Å²) in [5.41, 5.74) is 3.92. The van der Waals surface area contributed by atoms with E-state index in [1.807, 2.05) is 31.2 Å². The van der Waals surface area contributed by atoms with Gasteiger partial charge in [-0.15, -0.1) is 0 Å². The van der Waals surface area contributed by atoms with Crippen LogP contribution in [0.1, 0.15) is 31.4 Å². The number of anilines is 1. The standard InChI is InChI=1S/C16H19N3O/c1-11-15(18-10-17-11)12-6-8-14(9-7-12)19-16(20)13-4-2-3-5-13/h6-10,13H,2-5H2,1H3,(H,17,18)(H,19,20). The molecule has 0 radical (unpaired) electrons. The van der Waals surface area contributed by atoms with Gasteiger partial charge in [0.1, 0.15) is 0 Å². The van der Waals surface area contributed by atoms with Crippen LogP contribution in [0.2, 0.25) is 0 Å². The normalized spacial score (nSPS) is 15.4. The average Bonchev–Trinajstić information content (AvgIpc) is 3.11. The molecular weight excluding hydrogens is 250 g/mol. The Labute approximate surface area is 118 Å². The Kier molecular flexibility index (Phi) is 3.54. The molecule has 0 unspecified atom stereocenters. The minimum absolute atomic E-state index is 0.159. The van der Waals surface area contributed by atoms with E-state index in [-0.39, 0.29) is 11.8 Å². The van der Waals surface area contributed by atoms with Gasteiger partial charge < -0.3 is 10.3 Å². The molecule has 3 rings (SSSR count). The summed E-state index contributed by atoms with van der Waals surface area (Å²) in [6, 6.07) is 7.87. The van der Waals surface area contributed by atoms with E-state index in [2.05, 4.69) is 15.3 Å². The number of hydrogen-bond acceptors (Lipinski definition) is 2. The van der Waals surface area contributed by atoms with Crippen LogP contribution in [0.25, 0.3) is 11.3 Å². The number of rotatable bonds is 3. The first-order valence-corrected chi connectivity index (χ1v) is 7.15. The van der Waals surface area contributed by atoms with Crippen LogP contribution in [-0.4, -0.2) is 15.9 Å². The first kappa shape index (κ1) is 12.9. The molecule has 0 spiro atoms. The topological polar surface area (TPSA) is 57.8 Å². The van der Waals surface area contributed by atoms with Gasteiger partial charge >= 0.3 is 0 Å². The number of aromatic amines is 1. The van der Waals surface area contributed by atoms with Crippen molar-refractivity contribution in [3.63, 3.8) is 0 Å². The molecule has 20 heavy (non-hydrogen) atoms. The van der Waals surface area contributed by atoms with Gasteiger partial charge in [-0.05, 0) is 31.9 Å². The van der Waals surface area contributed by atoms with Gasteiger partial charge in [-0.25, -0.2) is 4.98 Å². The predicted molar refractivity (Wildman–Crippen MR) is 79.3 cm³/mol. The highest BCUT2D eigenvalue weighted by Crippen LogP contribution is 2.27. The van der Waals surface area contributed by atoms with E-state index < -0.39 is 0 Å². The Balaban J connectivity index is 1.70. The van der Waals surface area contributed by atoms with Crippen molar-refractivity contribution in [1.82, 2.24) is 9.97 Å². The van der Waals surface area contributed by atoms with Gasteiger partial charge in [-0.3, -0.25) is 4.79 Å². The Morgan fingerprint density at radius 3 is 2.55 bits per heavy atom. The summed E-state index contributed by atoms with van der Waals surface area (Å²) in [7, 11) is 0. The van der Waals surface area contributed by atoms with Crippen LogP contribution in [0, 0.1) is 12.8 Å². The Hall–Kier alpha value is -2.10. The van der Waals surface area contributed by atoms with Crippen LogP contribution in [0.15, 0.2) is 30.6 Å². The third kappa shape index (κ3) is 2.59. The van der Waals surface area contributed by atoms with Crippen molar-refractivity contribution in [2.75, 3.05) is 5.32 Å². The maximum atomic E-state index is 12.1. The third-order valence-corrected chi connectivity index (χ3v) is 3.98. The molecule has 1 aliphatic rings. The van der Waals surface area contributed by atoms with Crippen LogP contribution in [0.4, 0.5) is 5.69 Å². The van der Waals surface area contributed by atoms with Crippen LogP contribution in [0.3, 0.4) is 0 Å². The van der Waals surface area contributed by atoms with Gasteiger partial charge in [0.25, 0.3) is 0 Å². The quantitative estimate of drug-likeness (QED) is 0.895. The van der Waals surface area contributed by atoms with Crippen molar-refractivity contribution < 1.29 is 4.79 Å². The Morgan fingerprint density at radius 1 is 1.25 bits per heavy atom. The van der Waals surface area contributed by atoms with Crippen molar-refractivity contribution >= 4 is 11.6 Å². The number of carbonyl (C=O) groups is 1. The zero-order chi connectivity index (χ0) is 13.9. The molecule has 2 N–H and O–H groups in total. The van der Waals surface area contributed by atoms with Gasteiger partial charge in [-0.2, -0.15) is 0 Å². The monoisotopic (exact) mass is 269 g/mol. The molecule has 1 aliphatic carbocycles. The van der Waals surface area contributed by atoms with Crippen molar-refractivity contribution in [3.8, 4) is 11.3 Å². The molecule has 1 amide bonds. The number of benzene rings is 1. The largest absolute Gasteiger partial charge is 0.348 e. The minimum atomic E-state index is 0.159. The summed E-state index contributed by atoms with van der Waals surface area (Å²) in [6.45, 7) is 2.00. The van der Waals surface area contributed by atoms with E-state index in [0.717, 1.165) is 35.5 Å². The zero-order valence-corrected chi connectivity index (χ0v) is 11.6. The van der Waals surface area contributed by atoms with Gasteiger partial charge in [0, 0.05) is 22.9 Å². The zero-order valence-electron chi connectivity index (χ0n) is 11.6. The van der Waals surface area contributed by atoms with Crippen molar-refractivity contribution in [1.29, 1.82) is 0 Å². The van der Waals surface area contributed by atoms with E-state index >= 15 is 0 Å². The summed E-state index contributed by atoms with van der Waals surface area (Å²) in [6.07, 6.45) is 6.10. The van der Waals surface area contributed by atoms with E-state index in [1.54, 1.807) is 6.33 Å². The van der Waals surface area contributed by atoms with E-state index in [1.165, 1.54) is 12.8 Å². The molecular formula is C16H19N3O. The van der Waals surface area contributed by atoms with Gasteiger partial charge in [0.2, 0.25) is 5.91 Å². The summed E-state index contributed by atoms with van der Waals surface area (Å²) in [5, 5.41) is 3.00. The summed E-state index contributed by atoms with van der Waals surface area (Å²) >= 11 is 0. The van der Waals surface area contributed by atoms with Crippen LogP contribution in [0.5, 0.6) is 0 Å². The number of carbonyl (C=O) groups excluding carboxylic acids is 1. The van der Waals surface area contributed by atoms with Crippen LogP contribution in [-0.2, 0) is 4.79 Å². The molecule has 1 aromatic carbocycles. The first-order valence-electron chi connectivity index (χ1n) is 7.15.